The smallest absolute Gasteiger partial charge is 0.255 e. The van der Waals surface area contributed by atoms with Gasteiger partial charge in [-0.25, -0.2) is 4.39 Å². The third-order valence-electron chi connectivity index (χ3n) is 3.82. The van der Waals surface area contributed by atoms with Crippen molar-refractivity contribution in [3.8, 4) is 11.5 Å². The third-order valence-corrected chi connectivity index (χ3v) is 4.10. The van der Waals surface area contributed by atoms with E-state index in [1.54, 1.807) is 6.07 Å². The molecule has 3 aromatic rings. The summed E-state index contributed by atoms with van der Waals surface area (Å²) in [7, 11) is 1.48. The SMILES string of the molecule is COc1c(Cl)cc(C(=O)Nc2ccc(F)cc2)cc1OCc1ccccc1. The maximum Gasteiger partial charge on any atom is 0.255 e. The Balaban J connectivity index is 1.82. The summed E-state index contributed by atoms with van der Waals surface area (Å²) in [6.07, 6.45) is 0. The number of nitrogens with one attached hydrogen (secondary N) is 1. The molecule has 4 nitrogen and oxygen atoms in total. The van der Waals surface area contributed by atoms with Gasteiger partial charge in [-0.3, -0.25) is 4.79 Å². The van der Waals surface area contributed by atoms with Gasteiger partial charge in [0.1, 0.15) is 12.4 Å². The van der Waals surface area contributed by atoms with Gasteiger partial charge in [-0.05, 0) is 42.0 Å². The van der Waals surface area contributed by atoms with Crippen molar-refractivity contribution in [2.75, 3.05) is 12.4 Å². The van der Waals surface area contributed by atoms with Gasteiger partial charge in [0.2, 0.25) is 0 Å². The lowest BCUT2D eigenvalue weighted by molar-refractivity contribution is 0.102. The molecular formula is C21H17ClFNO3. The molecule has 0 heterocycles. The van der Waals surface area contributed by atoms with E-state index in [0.29, 0.717) is 29.4 Å². The zero-order valence-corrected chi connectivity index (χ0v) is 15.3. The molecule has 0 aliphatic heterocycles. The second kappa shape index (κ2) is 8.56. The molecule has 0 saturated carbocycles. The van der Waals surface area contributed by atoms with Crippen LogP contribution in [0.4, 0.5) is 10.1 Å². The van der Waals surface area contributed by atoms with Gasteiger partial charge in [-0.1, -0.05) is 41.9 Å². The average molecular weight is 386 g/mol. The molecule has 0 aromatic heterocycles. The Hall–Kier alpha value is -3.05. The number of anilines is 1. The van der Waals surface area contributed by atoms with Gasteiger partial charge < -0.3 is 14.8 Å². The molecular weight excluding hydrogens is 369 g/mol. The first-order valence-corrected chi connectivity index (χ1v) is 8.56. The van der Waals surface area contributed by atoms with Gasteiger partial charge in [0, 0.05) is 11.3 Å². The van der Waals surface area contributed by atoms with Gasteiger partial charge in [0.15, 0.2) is 11.5 Å². The molecule has 3 aromatic carbocycles. The van der Waals surface area contributed by atoms with Crippen molar-refractivity contribution in [3.63, 3.8) is 0 Å². The van der Waals surface area contributed by atoms with Crippen LogP contribution in [-0.4, -0.2) is 13.0 Å². The fourth-order valence-electron chi connectivity index (χ4n) is 2.48. The van der Waals surface area contributed by atoms with E-state index < -0.39 is 5.91 Å². The maximum absolute atomic E-state index is 13.0. The Morgan fingerprint density at radius 1 is 1.07 bits per heavy atom. The molecule has 0 atom stereocenters. The zero-order valence-electron chi connectivity index (χ0n) is 14.5. The highest BCUT2D eigenvalue weighted by Crippen LogP contribution is 2.37. The Labute approximate surface area is 161 Å². The fraction of sp³-hybridized carbons (Fsp3) is 0.0952. The first-order chi connectivity index (χ1) is 13.1. The molecule has 1 N–H and O–H groups in total. The number of halogens is 2. The normalized spacial score (nSPS) is 10.3. The van der Waals surface area contributed by atoms with Crippen LogP contribution in [0.1, 0.15) is 15.9 Å². The predicted molar refractivity (Wildman–Crippen MR) is 103 cm³/mol. The molecule has 0 aliphatic rings. The van der Waals surface area contributed by atoms with Crippen molar-refractivity contribution < 1.29 is 18.7 Å². The third kappa shape index (κ3) is 4.77. The van der Waals surface area contributed by atoms with Gasteiger partial charge in [-0.15, -0.1) is 0 Å². The molecule has 0 fully saturated rings. The topological polar surface area (TPSA) is 47.6 Å². The summed E-state index contributed by atoms with van der Waals surface area (Å²) in [4.78, 5) is 12.5. The molecule has 0 unspecified atom stereocenters. The van der Waals surface area contributed by atoms with Crippen LogP contribution in [0.2, 0.25) is 5.02 Å². The first-order valence-electron chi connectivity index (χ1n) is 8.18. The summed E-state index contributed by atoms with van der Waals surface area (Å²) < 4.78 is 24.1. The van der Waals surface area contributed by atoms with Gasteiger partial charge in [0.25, 0.3) is 5.91 Å². The highest BCUT2D eigenvalue weighted by Gasteiger charge is 2.16. The van der Waals surface area contributed by atoms with Crippen LogP contribution >= 0.6 is 11.6 Å². The Morgan fingerprint density at radius 3 is 2.44 bits per heavy atom. The van der Waals surface area contributed by atoms with Crippen LogP contribution < -0.4 is 14.8 Å². The molecule has 27 heavy (non-hydrogen) atoms. The number of amides is 1. The number of carbonyl (C=O) groups excluding carboxylic acids is 1. The molecule has 138 valence electrons. The molecule has 0 radical (unpaired) electrons. The molecule has 0 bridgehead atoms. The molecule has 0 spiro atoms. The quantitative estimate of drug-likeness (QED) is 0.624. The highest BCUT2D eigenvalue weighted by atomic mass is 35.5. The first kappa shape index (κ1) is 18.7. The number of hydrogen-bond donors (Lipinski definition) is 1. The minimum absolute atomic E-state index is 0.257. The summed E-state index contributed by atoms with van der Waals surface area (Å²) in [5.74, 6) is -0.0585. The van der Waals surface area contributed by atoms with E-state index >= 15 is 0 Å². The minimum Gasteiger partial charge on any atom is -0.491 e. The van der Waals surface area contributed by atoms with E-state index in [4.69, 9.17) is 21.1 Å². The Kier molecular flexibility index (Phi) is 5.94. The predicted octanol–water partition coefficient (Wildman–Crippen LogP) is 5.32. The number of rotatable bonds is 6. The van der Waals surface area contributed by atoms with Crippen molar-refractivity contribution in [2.45, 2.75) is 6.61 Å². The number of methoxy groups -OCH3 is 1. The van der Waals surface area contributed by atoms with E-state index in [0.717, 1.165) is 5.56 Å². The summed E-state index contributed by atoms with van der Waals surface area (Å²) >= 11 is 6.25. The van der Waals surface area contributed by atoms with Crippen LogP contribution in [0.15, 0.2) is 66.7 Å². The standard InChI is InChI=1S/C21H17ClFNO3/c1-26-20-18(22)11-15(21(25)24-17-9-7-16(23)8-10-17)12-19(20)27-13-14-5-3-2-4-6-14/h2-12H,13H2,1H3,(H,24,25). The van der Waals surface area contributed by atoms with Gasteiger partial charge >= 0.3 is 0 Å². The lowest BCUT2D eigenvalue weighted by Gasteiger charge is -2.14. The Morgan fingerprint density at radius 2 is 1.78 bits per heavy atom. The molecule has 3 rings (SSSR count). The summed E-state index contributed by atoms with van der Waals surface area (Å²) in [6.45, 7) is 0.302. The molecule has 0 aliphatic carbocycles. The van der Waals surface area contributed by atoms with E-state index in [-0.39, 0.29) is 10.8 Å². The van der Waals surface area contributed by atoms with E-state index in [9.17, 15) is 9.18 Å². The summed E-state index contributed by atoms with van der Waals surface area (Å²) in [5.41, 5.74) is 1.74. The van der Waals surface area contributed by atoms with Crippen LogP contribution in [0.3, 0.4) is 0 Å². The van der Waals surface area contributed by atoms with Crippen LogP contribution in [0.5, 0.6) is 11.5 Å². The molecule has 1 amide bonds. The van der Waals surface area contributed by atoms with Crippen molar-refractivity contribution >= 4 is 23.2 Å². The monoisotopic (exact) mass is 385 g/mol. The molecule has 0 saturated heterocycles. The van der Waals surface area contributed by atoms with E-state index in [1.165, 1.54) is 37.4 Å². The minimum atomic E-state index is -0.393. The Bertz CT molecular complexity index is 930. The van der Waals surface area contributed by atoms with Crippen LogP contribution in [0, 0.1) is 5.82 Å². The zero-order chi connectivity index (χ0) is 19.2. The lowest BCUT2D eigenvalue weighted by Crippen LogP contribution is -2.12. The second-order valence-corrected chi connectivity index (χ2v) is 6.13. The lowest BCUT2D eigenvalue weighted by atomic mass is 10.1. The number of ether oxygens (including phenoxy) is 2. The van der Waals surface area contributed by atoms with Crippen molar-refractivity contribution in [3.05, 3.63) is 88.7 Å². The van der Waals surface area contributed by atoms with Crippen molar-refractivity contribution in [1.82, 2.24) is 0 Å². The maximum atomic E-state index is 13.0. The van der Waals surface area contributed by atoms with Gasteiger partial charge in [0.05, 0.1) is 12.1 Å². The van der Waals surface area contributed by atoms with Gasteiger partial charge in [-0.2, -0.15) is 0 Å². The summed E-state index contributed by atoms with van der Waals surface area (Å²) in [5, 5.41) is 2.95. The molecule has 6 heteroatoms. The number of carbonyl (C=O) groups is 1. The van der Waals surface area contributed by atoms with E-state index in [2.05, 4.69) is 5.32 Å². The number of benzene rings is 3. The van der Waals surface area contributed by atoms with Crippen LogP contribution in [0.25, 0.3) is 0 Å². The van der Waals surface area contributed by atoms with Crippen molar-refractivity contribution in [2.24, 2.45) is 0 Å². The second-order valence-electron chi connectivity index (χ2n) is 5.72. The average Bonchev–Trinajstić information content (AvgIpc) is 2.68. The summed E-state index contributed by atoms with van der Waals surface area (Å²) in [6, 6.07) is 18.2. The fourth-order valence-corrected chi connectivity index (χ4v) is 2.76. The van der Waals surface area contributed by atoms with E-state index in [1.807, 2.05) is 30.3 Å². The largest absolute Gasteiger partial charge is 0.491 e. The van der Waals surface area contributed by atoms with Crippen LogP contribution in [-0.2, 0) is 6.61 Å². The highest BCUT2D eigenvalue weighted by molar-refractivity contribution is 6.32. The number of hydrogen-bond acceptors (Lipinski definition) is 3. The van der Waals surface area contributed by atoms with Crippen molar-refractivity contribution in [1.29, 1.82) is 0 Å².